The summed E-state index contributed by atoms with van der Waals surface area (Å²) in [5, 5.41) is 1.78. The van der Waals surface area contributed by atoms with Crippen LogP contribution in [0.3, 0.4) is 0 Å². The molecule has 1 aromatic heterocycles. The maximum absolute atomic E-state index is 12.2. The van der Waals surface area contributed by atoms with E-state index < -0.39 is 10.8 Å². The molecule has 0 aliphatic heterocycles. The van der Waals surface area contributed by atoms with Gasteiger partial charge in [-0.25, -0.2) is 4.21 Å². The Morgan fingerprint density at radius 3 is 2.50 bits per heavy atom. The number of hydrogen-bond donors (Lipinski definition) is 0. The van der Waals surface area contributed by atoms with Crippen LogP contribution in [0.1, 0.15) is 15.2 Å². The van der Waals surface area contributed by atoms with E-state index in [2.05, 4.69) is 0 Å². The molecular weight excluding hydrogens is 240 g/mol. The first kappa shape index (κ1) is 11.2. The summed E-state index contributed by atoms with van der Waals surface area (Å²) in [5.41, 5.74) is 1.13. The van der Waals surface area contributed by atoms with E-state index in [9.17, 15) is 9.00 Å². The Morgan fingerprint density at radius 1 is 1.19 bits per heavy atom. The third kappa shape index (κ3) is 2.13. The van der Waals surface area contributed by atoms with E-state index in [0.717, 1.165) is 16.7 Å². The van der Waals surface area contributed by atoms with Crippen LogP contribution in [0.25, 0.3) is 0 Å². The second kappa shape index (κ2) is 4.72. The summed E-state index contributed by atoms with van der Waals surface area (Å²) in [7, 11) is -1.26. The number of carbonyl (C=O) groups excluding carboxylic acids is 1. The summed E-state index contributed by atoms with van der Waals surface area (Å²) >= 11 is 1.31. The summed E-state index contributed by atoms with van der Waals surface area (Å²) in [6.45, 7) is 1.98. The molecule has 0 aliphatic rings. The maximum Gasteiger partial charge on any atom is 0.161 e. The minimum Gasteiger partial charge on any atom is -0.297 e. The van der Waals surface area contributed by atoms with Crippen molar-refractivity contribution in [2.75, 3.05) is 0 Å². The molecule has 1 heterocycles. The minimum absolute atomic E-state index is 0.541. The molecule has 0 N–H and O–H groups in total. The van der Waals surface area contributed by atoms with Gasteiger partial charge in [-0.2, -0.15) is 0 Å². The van der Waals surface area contributed by atoms with Crippen molar-refractivity contribution in [2.45, 2.75) is 16.7 Å². The van der Waals surface area contributed by atoms with Crippen LogP contribution in [-0.2, 0) is 10.8 Å². The van der Waals surface area contributed by atoms with Crippen molar-refractivity contribution in [2.24, 2.45) is 0 Å². The highest BCUT2D eigenvalue weighted by Crippen LogP contribution is 2.23. The largest absolute Gasteiger partial charge is 0.297 e. The van der Waals surface area contributed by atoms with Crippen molar-refractivity contribution in [1.82, 2.24) is 0 Å². The lowest BCUT2D eigenvalue weighted by molar-refractivity contribution is 0.112. The van der Waals surface area contributed by atoms with E-state index in [-0.39, 0.29) is 0 Å². The number of rotatable bonds is 3. The zero-order valence-electron chi connectivity index (χ0n) is 8.67. The molecule has 0 radical (unpaired) electrons. The third-order valence-corrected chi connectivity index (χ3v) is 4.63. The summed E-state index contributed by atoms with van der Waals surface area (Å²) in [6.07, 6.45) is 0.756. The van der Waals surface area contributed by atoms with Gasteiger partial charge in [0.1, 0.15) is 0 Å². The first-order valence-electron chi connectivity index (χ1n) is 4.73. The molecule has 16 heavy (non-hydrogen) atoms. The van der Waals surface area contributed by atoms with E-state index >= 15 is 0 Å². The summed E-state index contributed by atoms with van der Waals surface area (Å²) in [6, 6.07) is 9.24. The number of benzene rings is 1. The van der Waals surface area contributed by atoms with Crippen molar-refractivity contribution in [3.8, 4) is 0 Å². The van der Waals surface area contributed by atoms with Crippen molar-refractivity contribution >= 4 is 28.4 Å². The van der Waals surface area contributed by atoms with Crippen LogP contribution in [0.2, 0.25) is 0 Å². The van der Waals surface area contributed by atoms with Gasteiger partial charge >= 0.3 is 0 Å². The van der Waals surface area contributed by atoms with Crippen molar-refractivity contribution in [3.05, 3.63) is 46.2 Å². The van der Waals surface area contributed by atoms with E-state index in [1.54, 1.807) is 11.4 Å². The SMILES string of the molecule is Cc1ccc(S(=O)c2ccsc2C=O)cc1. The molecule has 0 aliphatic carbocycles. The van der Waals surface area contributed by atoms with E-state index in [1.165, 1.54) is 11.3 Å². The standard InChI is InChI=1S/C12H10O2S2/c1-9-2-4-10(5-3-9)16(14)12-6-7-15-11(12)8-13/h2-8H,1H3. The van der Waals surface area contributed by atoms with Gasteiger partial charge in [-0.05, 0) is 30.5 Å². The Hall–Kier alpha value is -1.26. The molecular formula is C12H10O2S2. The van der Waals surface area contributed by atoms with Crippen molar-refractivity contribution < 1.29 is 9.00 Å². The molecule has 0 spiro atoms. The van der Waals surface area contributed by atoms with Gasteiger partial charge in [-0.15, -0.1) is 11.3 Å². The molecule has 0 bridgehead atoms. The van der Waals surface area contributed by atoms with Gasteiger partial charge in [-0.1, -0.05) is 17.7 Å². The first-order chi connectivity index (χ1) is 7.72. The average molecular weight is 250 g/mol. The van der Waals surface area contributed by atoms with Gasteiger partial charge in [0.15, 0.2) is 6.29 Å². The van der Waals surface area contributed by atoms with E-state index in [0.29, 0.717) is 9.77 Å². The lowest BCUT2D eigenvalue weighted by Gasteiger charge is -2.01. The Balaban J connectivity index is 2.39. The molecule has 1 unspecified atom stereocenters. The van der Waals surface area contributed by atoms with Crippen LogP contribution in [0, 0.1) is 6.92 Å². The molecule has 1 aromatic carbocycles. The van der Waals surface area contributed by atoms with Gasteiger partial charge in [0.25, 0.3) is 0 Å². The molecule has 1 atom stereocenters. The van der Waals surface area contributed by atoms with Crippen LogP contribution in [0.4, 0.5) is 0 Å². The van der Waals surface area contributed by atoms with Crippen LogP contribution in [-0.4, -0.2) is 10.5 Å². The van der Waals surface area contributed by atoms with Gasteiger partial charge in [0.05, 0.1) is 20.6 Å². The Bertz CT molecular complexity index is 526. The van der Waals surface area contributed by atoms with E-state index in [1.807, 2.05) is 31.2 Å². The normalized spacial score (nSPS) is 12.3. The fourth-order valence-electron chi connectivity index (χ4n) is 1.34. The molecule has 2 aromatic rings. The smallest absolute Gasteiger partial charge is 0.161 e. The lowest BCUT2D eigenvalue weighted by Crippen LogP contribution is -1.94. The zero-order valence-corrected chi connectivity index (χ0v) is 10.3. The molecule has 82 valence electrons. The summed E-state index contributed by atoms with van der Waals surface area (Å²) in [5.74, 6) is 0. The van der Waals surface area contributed by atoms with Gasteiger partial charge in [-0.3, -0.25) is 4.79 Å². The second-order valence-electron chi connectivity index (χ2n) is 3.35. The predicted octanol–water partition coefficient (Wildman–Crippen LogP) is 3.04. The second-order valence-corrected chi connectivity index (χ2v) is 5.75. The fraction of sp³-hybridized carbons (Fsp3) is 0.0833. The maximum atomic E-state index is 12.2. The quantitative estimate of drug-likeness (QED) is 0.785. The number of aldehydes is 1. The molecule has 2 rings (SSSR count). The Kier molecular flexibility index (Phi) is 3.31. The minimum atomic E-state index is -1.26. The number of thiophene rings is 1. The Morgan fingerprint density at radius 2 is 1.88 bits per heavy atom. The van der Waals surface area contributed by atoms with Crippen LogP contribution in [0.15, 0.2) is 45.5 Å². The van der Waals surface area contributed by atoms with E-state index in [4.69, 9.17) is 0 Å². The summed E-state index contributed by atoms with van der Waals surface area (Å²) in [4.78, 5) is 12.6. The van der Waals surface area contributed by atoms with Gasteiger partial charge < -0.3 is 0 Å². The highest BCUT2D eigenvalue weighted by atomic mass is 32.2. The predicted molar refractivity (Wildman–Crippen MR) is 65.6 cm³/mol. The first-order valence-corrected chi connectivity index (χ1v) is 6.76. The highest BCUT2D eigenvalue weighted by molar-refractivity contribution is 7.85. The van der Waals surface area contributed by atoms with Crippen LogP contribution >= 0.6 is 11.3 Å². The monoisotopic (exact) mass is 250 g/mol. The zero-order chi connectivity index (χ0) is 11.5. The molecule has 0 amide bonds. The number of aryl methyl sites for hydroxylation is 1. The van der Waals surface area contributed by atoms with Crippen molar-refractivity contribution in [3.63, 3.8) is 0 Å². The lowest BCUT2D eigenvalue weighted by atomic mass is 10.2. The number of carbonyl (C=O) groups is 1. The topological polar surface area (TPSA) is 34.1 Å². The molecule has 0 fully saturated rings. The summed E-state index contributed by atoms with van der Waals surface area (Å²) < 4.78 is 12.2. The molecule has 0 saturated carbocycles. The molecule has 4 heteroatoms. The van der Waals surface area contributed by atoms with Gasteiger partial charge in [0, 0.05) is 4.90 Å². The molecule has 0 saturated heterocycles. The third-order valence-electron chi connectivity index (χ3n) is 2.20. The Labute approximate surface area is 100 Å². The van der Waals surface area contributed by atoms with Crippen molar-refractivity contribution in [1.29, 1.82) is 0 Å². The molecule has 2 nitrogen and oxygen atoms in total. The fourth-order valence-corrected chi connectivity index (χ4v) is 3.44. The highest BCUT2D eigenvalue weighted by Gasteiger charge is 2.12. The van der Waals surface area contributed by atoms with Crippen LogP contribution < -0.4 is 0 Å². The van der Waals surface area contributed by atoms with Crippen LogP contribution in [0.5, 0.6) is 0 Å². The average Bonchev–Trinajstić information content (AvgIpc) is 2.77. The van der Waals surface area contributed by atoms with Gasteiger partial charge in [0.2, 0.25) is 0 Å². The number of hydrogen-bond acceptors (Lipinski definition) is 3.